The van der Waals surface area contributed by atoms with E-state index >= 15 is 0 Å². The Kier molecular flexibility index (Phi) is 4.03. The lowest BCUT2D eigenvalue weighted by atomic mass is 10.1. The molecule has 0 saturated carbocycles. The van der Waals surface area contributed by atoms with E-state index in [4.69, 9.17) is 4.98 Å². The van der Waals surface area contributed by atoms with E-state index in [1.165, 1.54) is 18.4 Å². The third-order valence-corrected chi connectivity index (χ3v) is 4.66. The highest BCUT2D eigenvalue weighted by atomic mass is 16.1. The number of amides is 1. The summed E-state index contributed by atoms with van der Waals surface area (Å²) in [5.74, 6) is 1.12. The van der Waals surface area contributed by atoms with Gasteiger partial charge in [-0.25, -0.2) is 4.98 Å². The van der Waals surface area contributed by atoms with Crippen LogP contribution in [0, 0.1) is 0 Å². The molecule has 0 aliphatic carbocycles. The van der Waals surface area contributed by atoms with E-state index in [1.54, 1.807) is 0 Å². The predicted octanol–water partition coefficient (Wildman–Crippen LogP) is 3.35. The summed E-state index contributed by atoms with van der Waals surface area (Å²) in [4.78, 5) is 17.1. The summed E-state index contributed by atoms with van der Waals surface area (Å²) in [5, 5.41) is 3.00. The molecular weight excluding hydrogens is 298 g/mol. The van der Waals surface area contributed by atoms with E-state index < -0.39 is 0 Å². The molecule has 3 aromatic rings. The van der Waals surface area contributed by atoms with E-state index in [-0.39, 0.29) is 5.91 Å². The van der Waals surface area contributed by atoms with E-state index in [1.807, 2.05) is 36.4 Å². The molecule has 24 heavy (non-hydrogen) atoms. The first kappa shape index (κ1) is 14.9. The van der Waals surface area contributed by atoms with Crippen molar-refractivity contribution >= 4 is 16.9 Å². The Labute approximate surface area is 141 Å². The molecule has 1 aliphatic rings. The van der Waals surface area contributed by atoms with Crippen molar-refractivity contribution in [1.82, 2.24) is 14.9 Å². The zero-order chi connectivity index (χ0) is 16.4. The van der Waals surface area contributed by atoms with Crippen molar-refractivity contribution < 1.29 is 4.79 Å². The highest BCUT2D eigenvalue weighted by Crippen LogP contribution is 2.23. The molecule has 1 N–H and O–H groups in total. The fourth-order valence-electron chi connectivity index (χ4n) is 3.38. The van der Waals surface area contributed by atoms with Crippen LogP contribution in [0.5, 0.6) is 0 Å². The van der Waals surface area contributed by atoms with Crippen LogP contribution in [0.25, 0.3) is 11.0 Å². The molecule has 1 amide bonds. The average Bonchev–Trinajstić information content (AvgIpc) is 3.00. The van der Waals surface area contributed by atoms with E-state index in [2.05, 4.69) is 22.0 Å². The number of fused-ring (bicyclic) bond motifs is 3. The number of nitrogens with zero attached hydrogens (tertiary/aromatic N) is 2. The van der Waals surface area contributed by atoms with Gasteiger partial charge in [-0.05, 0) is 43.0 Å². The smallest absolute Gasteiger partial charge is 0.251 e. The third kappa shape index (κ3) is 2.92. The van der Waals surface area contributed by atoms with Gasteiger partial charge >= 0.3 is 0 Å². The van der Waals surface area contributed by atoms with Crippen molar-refractivity contribution in [2.45, 2.75) is 32.2 Å². The summed E-state index contributed by atoms with van der Waals surface area (Å²) >= 11 is 0. The SMILES string of the molecule is O=C(NCCc1ccccc1)c1ccc2c(c1)nc1n2CCCC1. The highest BCUT2D eigenvalue weighted by Gasteiger charge is 2.15. The Balaban J connectivity index is 1.46. The summed E-state index contributed by atoms with van der Waals surface area (Å²) in [6, 6.07) is 16.0. The summed E-state index contributed by atoms with van der Waals surface area (Å²) in [6.07, 6.45) is 4.29. The Morgan fingerprint density at radius 1 is 1.12 bits per heavy atom. The molecule has 2 heterocycles. The molecule has 0 unspecified atom stereocenters. The topological polar surface area (TPSA) is 46.9 Å². The van der Waals surface area contributed by atoms with Gasteiger partial charge in [0.1, 0.15) is 5.82 Å². The van der Waals surface area contributed by atoms with Crippen LogP contribution in [0.2, 0.25) is 0 Å². The molecule has 0 radical (unpaired) electrons. The molecule has 2 aromatic carbocycles. The highest BCUT2D eigenvalue weighted by molar-refractivity contribution is 5.97. The van der Waals surface area contributed by atoms with E-state index in [0.29, 0.717) is 12.1 Å². The van der Waals surface area contributed by atoms with E-state index in [0.717, 1.165) is 36.2 Å². The van der Waals surface area contributed by atoms with Gasteiger partial charge in [0.15, 0.2) is 0 Å². The molecule has 0 bridgehead atoms. The van der Waals surface area contributed by atoms with Gasteiger partial charge in [-0.15, -0.1) is 0 Å². The minimum atomic E-state index is -0.0289. The van der Waals surface area contributed by atoms with Crippen LogP contribution in [0.15, 0.2) is 48.5 Å². The van der Waals surface area contributed by atoms with Crippen LogP contribution >= 0.6 is 0 Å². The van der Waals surface area contributed by atoms with Gasteiger partial charge in [0.05, 0.1) is 11.0 Å². The number of hydrogen-bond donors (Lipinski definition) is 1. The largest absolute Gasteiger partial charge is 0.352 e. The molecule has 1 aliphatic heterocycles. The van der Waals surface area contributed by atoms with Crippen LogP contribution < -0.4 is 5.32 Å². The molecule has 4 rings (SSSR count). The van der Waals surface area contributed by atoms with Gasteiger partial charge in [-0.3, -0.25) is 4.79 Å². The van der Waals surface area contributed by atoms with Crippen molar-refractivity contribution in [1.29, 1.82) is 0 Å². The molecule has 1 aromatic heterocycles. The normalized spacial score (nSPS) is 13.7. The number of rotatable bonds is 4. The molecular formula is C20H21N3O. The van der Waals surface area contributed by atoms with Gasteiger partial charge in [0.25, 0.3) is 5.91 Å². The second kappa shape index (κ2) is 6.48. The zero-order valence-corrected chi connectivity index (χ0v) is 13.7. The predicted molar refractivity (Wildman–Crippen MR) is 95.2 cm³/mol. The summed E-state index contributed by atoms with van der Waals surface area (Å²) in [5.41, 5.74) is 3.99. The fraction of sp³-hybridized carbons (Fsp3) is 0.300. The van der Waals surface area contributed by atoms with Crippen molar-refractivity contribution in [3.8, 4) is 0 Å². The first-order valence-electron chi connectivity index (χ1n) is 8.62. The number of nitrogens with one attached hydrogen (secondary N) is 1. The van der Waals surface area contributed by atoms with Crippen molar-refractivity contribution in [3.63, 3.8) is 0 Å². The second-order valence-electron chi connectivity index (χ2n) is 6.33. The Morgan fingerprint density at radius 2 is 2.00 bits per heavy atom. The van der Waals surface area contributed by atoms with Crippen LogP contribution in [-0.2, 0) is 19.4 Å². The number of imidazole rings is 1. The van der Waals surface area contributed by atoms with Crippen LogP contribution in [0.1, 0.15) is 34.6 Å². The lowest BCUT2D eigenvalue weighted by Crippen LogP contribution is -2.25. The molecule has 122 valence electrons. The fourth-order valence-corrected chi connectivity index (χ4v) is 3.38. The van der Waals surface area contributed by atoms with Crippen LogP contribution in [0.4, 0.5) is 0 Å². The lowest BCUT2D eigenvalue weighted by molar-refractivity contribution is 0.0954. The maximum absolute atomic E-state index is 12.4. The summed E-state index contributed by atoms with van der Waals surface area (Å²) < 4.78 is 2.29. The van der Waals surface area contributed by atoms with Crippen molar-refractivity contribution in [3.05, 3.63) is 65.5 Å². The van der Waals surface area contributed by atoms with Crippen molar-refractivity contribution in [2.24, 2.45) is 0 Å². The van der Waals surface area contributed by atoms with Crippen LogP contribution in [0.3, 0.4) is 0 Å². The Hall–Kier alpha value is -2.62. The van der Waals surface area contributed by atoms with Gasteiger partial charge < -0.3 is 9.88 Å². The maximum Gasteiger partial charge on any atom is 0.251 e. The lowest BCUT2D eigenvalue weighted by Gasteiger charge is -2.13. The molecule has 0 fully saturated rings. The van der Waals surface area contributed by atoms with E-state index in [9.17, 15) is 4.79 Å². The summed E-state index contributed by atoms with van der Waals surface area (Å²) in [7, 11) is 0. The maximum atomic E-state index is 12.4. The molecule has 0 saturated heterocycles. The number of aromatic nitrogens is 2. The minimum absolute atomic E-state index is 0.0289. The molecule has 4 nitrogen and oxygen atoms in total. The second-order valence-corrected chi connectivity index (χ2v) is 6.33. The number of carbonyl (C=O) groups excluding carboxylic acids is 1. The first-order chi connectivity index (χ1) is 11.8. The van der Waals surface area contributed by atoms with Gasteiger partial charge in [0, 0.05) is 25.1 Å². The number of aryl methyl sites for hydroxylation is 2. The standard InChI is InChI=1S/C20H21N3O/c24-20(21-12-11-15-6-2-1-3-7-15)16-9-10-18-17(14-16)22-19-8-4-5-13-23(18)19/h1-3,6-7,9-10,14H,4-5,8,11-13H2,(H,21,24). The monoisotopic (exact) mass is 319 g/mol. The molecule has 4 heteroatoms. The van der Waals surface area contributed by atoms with Gasteiger partial charge in [-0.2, -0.15) is 0 Å². The zero-order valence-electron chi connectivity index (χ0n) is 13.7. The summed E-state index contributed by atoms with van der Waals surface area (Å²) in [6.45, 7) is 1.68. The quantitative estimate of drug-likeness (QED) is 0.801. The minimum Gasteiger partial charge on any atom is -0.352 e. The molecule has 0 spiro atoms. The average molecular weight is 319 g/mol. The third-order valence-electron chi connectivity index (χ3n) is 4.66. The number of hydrogen-bond acceptors (Lipinski definition) is 2. The van der Waals surface area contributed by atoms with Gasteiger partial charge in [-0.1, -0.05) is 30.3 Å². The Bertz CT molecular complexity index is 867. The number of benzene rings is 2. The number of carbonyl (C=O) groups is 1. The Morgan fingerprint density at radius 3 is 2.88 bits per heavy atom. The molecule has 0 atom stereocenters. The first-order valence-corrected chi connectivity index (χ1v) is 8.62. The van der Waals surface area contributed by atoms with Crippen LogP contribution in [-0.4, -0.2) is 22.0 Å². The van der Waals surface area contributed by atoms with Gasteiger partial charge in [0.2, 0.25) is 0 Å². The van der Waals surface area contributed by atoms with Crippen molar-refractivity contribution in [2.75, 3.05) is 6.54 Å².